The third-order valence-electron chi connectivity index (χ3n) is 5.22. The number of rotatable bonds is 6. The summed E-state index contributed by atoms with van der Waals surface area (Å²) in [5.41, 5.74) is 2.20. The average molecular weight is 408 g/mol. The SMILES string of the molecule is O=C(CN1CCN(c2ccc(O)cc2)CC1)N[C@H](c1ccccc1)c1cccs1. The lowest BCUT2D eigenvalue weighted by Crippen LogP contribution is -2.49. The number of anilines is 1. The Labute approximate surface area is 175 Å². The third kappa shape index (κ3) is 4.96. The molecule has 1 atom stereocenters. The minimum absolute atomic E-state index is 0.0466. The first-order valence-corrected chi connectivity index (χ1v) is 10.7. The molecule has 0 aliphatic carbocycles. The molecule has 1 aromatic heterocycles. The van der Waals surface area contributed by atoms with Crippen molar-refractivity contribution < 1.29 is 9.90 Å². The monoisotopic (exact) mass is 407 g/mol. The highest BCUT2D eigenvalue weighted by Gasteiger charge is 2.22. The molecule has 3 aromatic rings. The molecule has 2 aromatic carbocycles. The normalized spacial score (nSPS) is 15.8. The largest absolute Gasteiger partial charge is 0.508 e. The van der Waals surface area contributed by atoms with Crippen molar-refractivity contribution in [3.8, 4) is 5.75 Å². The molecule has 4 rings (SSSR count). The Balaban J connectivity index is 1.34. The van der Waals surface area contributed by atoms with Gasteiger partial charge in [-0.05, 0) is 41.3 Å². The van der Waals surface area contributed by atoms with E-state index in [0.29, 0.717) is 6.54 Å². The van der Waals surface area contributed by atoms with Gasteiger partial charge in [-0.25, -0.2) is 0 Å². The molecular formula is C23H25N3O2S. The zero-order valence-corrected chi connectivity index (χ0v) is 17.0. The first-order chi connectivity index (χ1) is 14.2. The smallest absolute Gasteiger partial charge is 0.234 e. The lowest BCUT2D eigenvalue weighted by atomic mass is 10.1. The van der Waals surface area contributed by atoms with Crippen molar-refractivity contribution in [1.82, 2.24) is 10.2 Å². The number of nitrogens with one attached hydrogen (secondary N) is 1. The van der Waals surface area contributed by atoms with E-state index in [1.807, 2.05) is 41.8 Å². The van der Waals surface area contributed by atoms with Crippen LogP contribution in [-0.2, 0) is 4.79 Å². The molecule has 0 bridgehead atoms. The van der Waals surface area contributed by atoms with Crippen LogP contribution in [0.5, 0.6) is 5.75 Å². The van der Waals surface area contributed by atoms with Crippen molar-refractivity contribution >= 4 is 22.9 Å². The van der Waals surface area contributed by atoms with Gasteiger partial charge in [0, 0.05) is 36.7 Å². The van der Waals surface area contributed by atoms with Gasteiger partial charge in [-0.1, -0.05) is 36.4 Å². The van der Waals surface area contributed by atoms with Crippen molar-refractivity contribution in [2.24, 2.45) is 0 Å². The molecule has 5 nitrogen and oxygen atoms in total. The van der Waals surface area contributed by atoms with Crippen LogP contribution in [0, 0.1) is 0 Å². The van der Waals surface area contributed by atoms with E-state index in [1.54, 1.807) is 23.5 Å². The zero-order valence-electron chi connectivity index (χ0n) is 16.2. The second-order valence-electron chi connectivity index (χ2n) is 7.21. The summed E-state index contributed by atoms with van der Waals surface area (Å²) in [6, 6.07) is 21.4. The Morgan fingerprint density at radius 2 is 1.69 bits per heavy atom. The summed E-state index contributed by atoms with van der Waals surface area (Å²) >= 11 is 1.66. The third-order valence-corrected chi connectivity index (χ3v) is 6.16. The van der Waals surface area contributed by atoms with Gasteiger partial charge in [0.05, 0.1) is 12.6 Å². The van der Waals surface area contributed by atoms with Crippen LogP contribution < -0.4 is 10.2 Å². The molecule has 2 N–H and O–H groups in total. The van der Waals surface area contributed by atoms with E-state index in [2.05, 4.69) is 33.3 Å². The number of hydrogen-bond acceptors (Lipinski definition) is 5. The standard InChI is InChI=1S/C23H25N3O2S/c27-20-10-8-19(9-11-20)26-14-12-25(13-15-26)17-22(28)24-23(21-7-4-16-29-21)18-5-2-1-3-6-18/h1-11,16,23,27H,12-15,17H2,(H,24,28)/t23-/m1/s1. The fourth-order valence-corrected chi connectivity index (χ4v) is 4.46. The number of carbonyl (C=O) groups is 1. The molecule has 0 radical (unpaired) electrons. The quantitative estimate of drug-likeness (QED) is 0.657. The van der Waals surface area contributed by atoms with Gasteiger partial charge in [-0.2, -0.15) is 0 Å². The molecule has 29 heavy (non-hydrogen) atoms. The molecular weight excluding hydrogens is 382 g/mol. The van der Waals surface area contributed by atoms with Crippen LogP contribution in [0.25, 0.3) is 0 Å². The van der Waals surface area contributed by atoms with Crippen molar-refractivity contribution in [1.29, 1.82) is 0 Å². The number of thiophene rings is 1. The predicted octanol–water partition coefficient (Wildman–Crippen LogP) is 3.48. The van der Waals surface area contributed by atoms with Crippen LogP contribution >= 0.6 is 11.3 Å². The van der Waals surface area contributed by atoms with Crippen LogP contribution in [-0.4, -0.2) is 48.6 Å². The highest BCUT2D eigenvalue weighted by Crippen LogP contribution is 2.26. The van der Waals surface area contributed by atoms with E-state index < -0.39 is 0 Å². The minimum Gasteiger partial charge on any atom is -0.508 e. The molecule has 1 fully saturated rings. The number of carbonyl (C=O) groups excluding carboxylic acids is 1. The van der Waals surface area contributed by atoms with Crippen LogP contribution in [0.2, 0.25) is 0 Å². The summed E-state index contributed by atoms with van der Waals surface area (Å²) in [6.45, 7) is 3.81. The van der Waals surface area contributed by atoms with Crippen LogP contribution in [0.4, 0.5) is 5.69 Å². The van der Waals surface area contributed by atoms with Gasteiger partial charge in [0.15, 0.2) is 0 Å². The molecule has 1 aliphatic heterocycles. The van der Waals surface area contributed by atoms with Crippen LogP contribution in [0.15, 0.2) is 72.1 Å². The number of phenolic OH excluding ortho intramolecular Hbond substituents is 1. The fraction of sp³-hybridized carbons (Fsp3) is 0.261. The van der Waals surface area contributed by atoms with Crippen LogP contribution in [0.1, 0.15) is 16.5 Å². The van der Waals surface area contributed by atoms with Gasteiger partial charge in [0.1, 0.15) is 5.75 Å². The minimum atomic E-state index is -0.109. The summed E-state index contributed by atoms with van der Waals surface area (Å²) in [6.07, 6.45) is 0. The number of hydrogen-bond donors (Lipinski definition) is 2. The van der Waals surface area contributed by atoms with E-state index in [0.717, 1.165) is 42.3 Å². The topological polar surface area (TPSA) is 55.8 Å². The second kappa shape index (κ2) is 9.11. The highest BCUT2D eigenvalue weighted by atomic mass is 32.1. The van der Waals surface area contributed by atoms with Crippen molar-refractivity contribution in [2.75, 3.05) is 37.6 Å². The lowest BCUT2D eigenvalue weighted by Gasteiger charge is -2.36. The Morgan fingerprint density at radius 3 is 2.34 bits per heavy atom. The Bertz CT molecular complexity index is 905. The molecule has 150 valence electrons. The number of benzene rings is 2. The predicted molar refractivity (Wildman–Crippen MR) is 118 cm³/mol. The summed E-state index contributed by atoms with van der Waals surface area (Å²) in [5.74, 6) is 0.327. The van der Waals surface area contributed by atoms with Crippen molar-refractivity contribution in [2.45, 2.75) is 6.04 Å². The maximum atomic E-state index is 12.8. The molecule has 0 saturated carbocycles. The Hall–Kier alpha value is -2.83. The van der Waals surface area contributed by atoms with E-state index in [1.165, 1.54) is 0 Å². The number of aromatic hydroxyl groups is 1. The summed E-state index contributed by atoms with van der Waals surface area (Å²) in [4.78, 5) is 18.4. The van der Waals surface area contributed by atoms with Gasteiger partial charge in [-0.3, -0.25) is 9.69 Å². The Kier molecular flexibility index (Phi) is 6.12. The van der Waals surface area contributed by atoms with Crippen molar-refractivity contribution in [3.63, 3.8) is 0 Å². The average Bonchev–Trinajstić information content (AvgIpc) is 3.28. The molecule has 2 heterocycles. The van der Waals surface area contributed by atoms with Gasteiger partial charge in [-0.15, -0.1) is 11.3 Å². The zero-order chi connectivity index (χ0) is 20.1. The van der Waals surface area contributed by atoms with Crippen LogP contribution in [0.3, 0.4) is 0 Å². The highest BCUT2D eigenvalue weighted by molar-refractivity contribution is 7.10. The van der Waals surface area contributed by atoms with Crippen molar-refractivity contribution in [3.05, 3.63) is 82.6 Å². The molecule has 0 unspecified atom stereocenters. The number of phenols is 1. The molecule has 1 saturated heterocycles. The first-order valence-electron chi connectivity index (χ1n) is 9.83. The van der Waals surface area contributed by atoms with Gasteiger partial charge < -0.3 is 15.3 Å². The molecule has 0 spiro atoms. The fourth-order valence-electron chi connectivity index (χ4n) is 3.66. The number of amides is 1. The summed E-state index contributed by atoms with van der Waals surface area (Å²) in [5, 5.41) is 14.7. The van der Waals surface area contributed by atoms with E-state index in [4.69, 9.17) is 0 Å². The first kappa shape index (κ1) is 19.5. The van der Waals surface area contributed by atoms with Gasteiger partial charge >= 0.3 is 0 Å². The summed E-state index contributed by atoms with van der Waals surface area (Å²) < 4.78 is 0. The summed E-state index contributed by atoms with van der Waals surface area (Å²) in [7, 11) is 0. The maximum absolute atomic E-state index is 12.8. The molecule has 1 amide bonds. The van der Waals surface area contributed by atoms with Gasteiger partial charge in [0.2, 0.25) is 5.91 Å². The Morgan fingerprint density at radius 1 is 0.966 bits per heavy atom. The lowest BCUT2D eigenvalue weighted by molar-refractivity contribution is -0.122. The second-order valence-corrected chi connectivity index (χ2v) is 8.19. The van der Waals surface area contributed by atoms with E-state index >= 15 is 0 Å². The van der Waals surface area contributed by atoms with E-state index in [-0.39, 0.29) is 17.7 Å². The maximum Gasteiger partial charge on any atom is 0.234 e. The molecule has 1 aliphatic rings. The van der Waals surface area contributed by atoms with E-state index in [9.17, 15) is 9.90 Å². The molecule has 6 heteroatoms. The number of piperazine rings is 1. The van der Waals surface area contributed by atoms with Gasteiger partial charge in [0.25, 0.3) is 0 Å². The number of nitrogens with zero attached hydrogens (tertiary/aromatic N) is 2.